The van der Waals surface area contributed by atoms with Gasteiger partial charge in [-0.15, -0.1) is 0 Å². The van der Waals surface area contributed by atoms with Crippen molar-refractivity contribution >= 4 is 53.8 Å². The standard InChI is InChI=1S/2C17H12BrFO2/c2*1-10(18)17-15(11-5-4-6-12(19)9-11)16(20)13-7-2-3-8-14(13)21-17/h2*2-10H,1H3/t2*10-/m10/s1. The highest BCUT2D eigenvalue weighted by Gasteiger charge is 2.20. The Morgan fingerprint density at radius 3 is 1.31 bits per heavy atom. The summed E-state index contributed by atoms with van der Waals surface area (Å²) in [5.41, 5.74) is 2.61. The molecule has 2 heterocycles. The summed E-state index contributed by atoms with van der Waals surface area (Å²) in [6.07, 6.45) is 0. The van der Waals surface area contributed by atoms with E-state index >= 15 is 0 Å². The van der Waals surface area contributed by atoms with Crippen molar-refractivity contribution in [1.82, 2.24) is 0 Å². The van der Waals surface area contributed by atoms with Gasteiger partial charge in [-0.05, 0) is 73.5 Å². The summed E-state index contributed by atoms with van der Waals surface area (Å²) in [6, 6.07) is 26.1. The first kappa shape index (κ1) is 29.6. The molecular formula is C34H24Br2F2O4. The molecule has 0 aliphatic rings. The van der Waals surface area contributed by atoms with Gasteiger partial charge in [0.2, 0.25) is 10.9 Å². The Bertz CT molecular complexity index is 1880. The molecule has 0 amide bonds. The van der Waals surface area contributed by atoms with Crippen LogP contribution in [0.3, 0.4) is 0 Å². The Morgan fingerprint density at radius 2 is 0.952 bits per heavy atom. The van der Waals surface area contributed by atoms with Crippen molar-refractivity contribution in [2.24, 2.45) is 0 Å². The van der Waals surface area contributed by atoms with E-state index in [2.05, 4.69) is 31.9 Å². The Hall–Kier alpha value is -3.88. The maximum Gasteiger partial charge on any atom is 0.200 e. The van der Waals surface area contributed by atoms with Crippen LogP contribution in [0.15, 0.2) is 115 Å². The van der Waals surface area contributed by atoms with Crippen molar-refractivity contribution < 1.29 is 17.6 Å². The second-order valence-electron chi connectivity index (χ2n) is 9.59. The molecular weight excluding hydrogens is 670 g/mol. The number of para-hydroxylation sites is 2. The first-order valence-corrected chi connectivity index (χ1v) is 14.9. The van der Waals surface area contributed by atoms with Crippen LogP contribution in [0.2, 0.25) is 0 Å². The van der Waals surface area contributed by atoms with E-state index in [1.54, 1.807) is 60.7 Å². The molecule has 0 aliphatic carbocycles. The fourth-order valence-corrected chi connectivity index (χ4v) is 5.36. The van der Waals surface area contributed by atoms with Crippen molar-refractivity contribution in [1.29, 1.82) is 0 Å². The lowest BCUT2D eigenvalue weighted by Crippen LogP contribution is -2.09. The number of benzene rings is 4. The summed E-state index contributed by atoms with van der Waals surface area (Å²) < 4.78 is 38.7. The minimum Gasteiger partial charge on any atom is -0.459 e. The van der Waals surface area contributed by atoms with Crippen LogP contribution in [0.5, 0.6) is 0 Å². The van der Waals surface area contributed by atoms with E-state index in [1.807, 2.05) is 26.0 Å². The Kier molecular flexibility index (Phi) is 8.85. The Labute approximate surface area is 256 Å². The van der Waals surface area contributed by atoms with Crippen LogP contribution in [0.25, 0.3) is 44.2 Å². The molecule has 2 atom stereocenters. The third kappa shape index (κ3) is 6.01. The summed E-state index contributed by atoms with van der Waals surface area (Å²) in [7, 11) is 0. The summed E-state index contributed by atoms with van der Waals surface area (Å²) in [4.78, 5) is 25.2. The quantitative estimate of drug-likeness (QED) is 0.173. The second-order valence-corrected chi connectivity index (χ2v) is 12.3. The summed E-state index contributed by atoms with van der Waals surface area (Å²) in [6.45, 7) is 3.74. The zero-order valence-electron chi connectivity index (χ0n) is 22.5. The van der Waals surface area contributed by atoms with Crippen LogP contribution in [-0.2, 0) is 0 Å². The van der Waals surface area contributed by atoms with Gasteiger partial charge in [-0.1, -0.05) is 80.4 Å². The fourth-order valence-electron chi connectivity index (χ4n) is 4.71. The molecule has 0 fully saturated rings. The lowest BCUT2D eigenvalue weighted by molar-refractivity contribution is 0.544. The number of alkyl halides is 2. The highest BCUT2D eigenvalue weighted by molar-refractivity contribution is 9.09. The van der Waals surface area contributed by atoms with Gasteiger partial charge in [0.1, 0.15) is 34.3 Å². The van der Waals surface area contributed by atoms with E-state index in [-0.39, 0.29) is 32.1 Å². The minimum absolute atomic E-state index is 0.149. The molecule has 212 valence electrons. The highest BCUT2D eigenvalue weighted by atomic mass is 79.9. The van der Waals surface area contributed by atoms with Gasteiger partial charge in [-0.3, -0.25) is 9.59 Å². The summed E-state index contributed by atoms with van der Waals surface area (Å²) >= 11 is 6.89. The maximum absolute atomic E-state index is 13.5. The number of fused-ring (bicyclic) bond motifs is 2. The molecule has 0 bridgehead atoms. The molecule has 8 heteroatoms. The van der Waals surface area contributed by atoms with Crippen LogP contribution in [0, 0.1) is 11.6 Å². The van der Waals surface area contributed by atoms with Crippen LogP contribution < -0.4 is 10.9 Å². The normalized spacial score (nSPS) is 12.5. The highest BCUT2D eigenvalue weighted by Crippen LogP contribution is 2.34. The fraction of sp³-hybridized carbons (Fsp3) is 0.118. The molecule has 0 saturated heterocycles. The van der Waals surface area contributed by atoms with E-state index in [4.69, 9.17) is 8.83 Å². The van der Waals surface area contributed by atoms with Crippen LogP contribution in [0.1, 0.15) is 35.0 Å². The summed E-state index contributed by atoms with van der Waals surface area (Å²) in [5, 5.41) is 0.988. The third-order valence-electron chi connectivity index (χ3n) is 6.60. The monoisotopic (exact) mass is 692 g/mol. The molecule has 0 unspecified atom stereocenters. The first-order valence-electron chi connectivity index (χ1n) is 13.1. The van der Waals surface area contributed by atoms with Crippen molar-refractivity contribution in [3.63, 3.8) is 0 Å². The smallest absolute Gasteiger partial charge is 0.200 e. The van der Waals surface area contributed by atoms with Crippen molar-refractivity contribution in [2.75, 3.05) is 0 Å². The number of hydrogen-bond donors (Lipinski definition) is 0. The van der Waals surface area contributed by atoms with Gasteiger partial charge in [0.15, 0.2) is 0 Å². The molecule has 4 aromatic carbocycles. The summed E-state index contributed by atoms with van der Waals surface area (Å²) in [5.74, 6) is 0.245. The predicted octanol–water partition coefficient (Wildman–Crippen LogP) is 10.1. The maximum atomic E-state index is 13.5. The molecule has 0 N–H and O–H groups in total. The zero-order valence-corrected chi connectivity index (χ0v) is 25.7. The first-order chi connectivity index (χ1) is 20.2. The molecule has 6 aromatic rings. The van der Waals surface area contributed by atoms with Gasteiger partial charge in [0.05, 0.1) is 31.6 Å². The van der Waals surface area contributed by atoms with Gasteiger partial charge >= 0.3 is 0 Å². The third-order valence-corrected chi connectivity index (χ3v) is 7.43. The zero-order chi connectivity index (χ0) is 30.0. The van der Waals surface area contributed by atoms with Crippen molar-refractivity contribution in [3.8, 4) is 22.3 Å². The van der Waals surface area contributed by atoms with E-state index < -0.39 is 0 Å². The Morgan fingerprint density at radius 1 is 0.571 bits per heavy atom. The average molecular weight is 694 g/mol. The van der Waals surface area contributed by atoms with Crippen LogP contribution in [0.4, 0.5) is 8.78 Å². The molecule has 4 nitrogen and oxygen atoms in total. The minimum atomic E-state index is -0.381. The number of rotatable bonds is 4. The van der Waals surface area contributed by atoms with Gasteiger partial charge in [-0.25, -0.2) is 8.78 Å². The van der Waals surface area contributed by atoms with Crippen LogP contribution in [-0.4, -0.2) is 0 Å². The van der Waals surface area contributed by atoms with Crippen LogP contribution >= 0.6 is 31.9 Å². The largest absolute Gasteiger partial charge is 0.459 e. The lowest BCUT2D eigenvalue weighted by Gasteiger charge is -2.12. The van der Waals surface area contributed by atoms with Gasteiger partial charge in [-0.2, -0.15) is 0 Å². The van der Waals surface area contributed by atoms with Gasteiger partial charge in [0, 0.05) is 0 Å². The Balaban J connectivity index is 0.000000168. The van der Waals surface area contributed by atoms with E-state index in [1.165, 1.54) is 24.3 Å². The van der Waals surface area contributed by atoms with E-state index in [0.29, 0.717) is 55.7 Å². The topological polar surface area (TPSA) is 60.4 Å². The van der Waals surface area contributed by atoms with Crippen molar-refractivity contribution in [2.45, 2.75) is 23.5 Å². The van der Waals surface area contributed by atoms with Gasteiger partial charge < -0.3 is 8.83 Å². The second kappa shape index (κ2) is 12.5. The van der Waals surface area contributed by atoms with E-state index in [9.17, 15) is 18.4 Å². The molecule has 0 aliphatic heterocycles. The predicted molar refractivity (Wildman–Crippen MR) is 170 cm³/mol. The average Bonchev–Trinajstić information content (AvgIpc) is 2.97. The number of hydrogen-bond acceptors (Lipinski definition) is 4. The molecule has 0 spiro atoms. The van der Waals surface area contributed by atoms with Gasteiger partial charge in [0.25, 0.3) is 0 Å². The lowest BCUT2D eigenvalue weighted by atomic mass is 10.0. The van der Waals surface area contributed by atoms with Crippen molar-refractivity contribution in [3.05, 3.63) is 141 Å². The van der Waals surface area contributed by atoms with E-state index in [0.717, 1.165) is 0 Å². The molecule has 42 heavy (non-hydrogen) atoms. The molecule has 2 aromatic heterocycles. The molecule has 0 radical (unpaired) electrons. The number of halogens is 4. The molecule has 0 saturated carbocycles. The SMILES string of the molecule is C[C@@H](Br)c1oc2ccccc2c(=O)c1-c1cccc(F)c1.C[C@H](Br)c1oc2ccccc2c(=O)c1-c1cccc(F)c1. The molecule has 6 rings (SSSR count).